The third kappa shape index (κ3) is 6.47. The molecule has 0 unspecified atom stereocenters. The summed E-state index contributed by atoms with van der Waals surface area (Å²) >= 11 is 11.2. The molecule has 154 valence electrons. The number of anilines is 1. The fraction of sp³-hybridized carbons (Fsp3) is 0.130. The van der Waals surface area contributed by atoms with Crippen molar-refractivity contribution in [2.24, 2.45) is 5.10 Å². The minimum Gasteiger partial charge on any atom is -0.493 e. The minimum atomic E-state index is 0.409. The number of nitrogens with one attached hydrogen (secondary N) is 2. The summed E-state index contributed by atoms with van der Waals surface area (Å²) in [6.07, 6.45) is 1.66. The lowest BCUT2D eigenvalue weighted by molar-refractivity contribution is 0.284. The molecule has 2 N–H and O–H groups in total. The lowest BCUT2D eigenvalue weighted by Crippen LogP contribution is -2.23. The molecule has 0 spiro atoms. The van der Waals surface area contributed by atoms with Crippen molar-refractivity contribution in [1.82, 2.24) is 5.43 Å². The molecule has 0 amide bonds. The van der Waals surface area contributed by atoms with Gasteiger partial charge >= 0.3 is 0 Å². The zero-order chi connectivity index (χ0) is 21.3. The predicted molar refractivity (Wildman–Crippen MR) is 127 cm³/mol. The van der Waals surface area contributed by atoms with Crippen LogP contribution in [-0.4, -0.2) is 18.4 Å². The smallest absolute Gasteiger partial charge is 0.191 e. The van der Waals surface area contributed by atoms with Crippen LogP contribution in [0.1, 0.15) is 16.7 Å². The first-order valence-electron chi connectivity index (χ1n) is 9.25. The zero-order valence-corrected chi connectivity index (χ0v) is 18.3. The highest BCUT2D eigenvalue weighted by Crippen LogP contribution is 2.28. The first-order valence-corrected chi connectivity index (χ1v) is 10.0. The summed E-state index contributed by atoms with van der Waals surface area (Å²) in [5.74, 6) is 1.27. The van der Waals surface area contributed by atoms with Gasteiger partial charge in [0.15, 0.2) is 16.6 Å². The number of nitrogens with zero attached hydrogens (tertiary/aromatic N) is 1. The zero-order valence-electron chi connectivity index (χ0n) is 16.7. The van der Waals surface area contributed by atoms with Crippen molar-refractivity contribution in [2.75, 3.05) is 12.4 Å². The van der Waals surface area contributed by atoms with Crippen LogP contribution in [0.5, 0.6) is 11.5 Å². The molecule has 7 heteroatoms. The highest BCUT2D eigenvalue weighted by atomic mass is 35.5. The highest BCUT2D eigenvalue weighted by Gasteiger charge is 2.06. The van der Waals surface area contributed by atoms with E-state index in [1.54, 1.807) is 13.3 Å². The van der Waals surface area contributed by atoms with Gasteiger partial charge in [0.1, 0.15) is 6.61 Å². The van der Waals surface area contributed by atoms with Crippen molar-refractivity contribution in [3.63, 3.8) is 0 Å². The molecule has 0 saturated carbocycles. The molecule has 3 aromatic rings. The summed E-state index contributed by atoms with van der Waals surface area (Å²) in [4.78, 5) is 0. The van der Waals surface area contributed by atoms with Crippen LogP contribution in [0.4, 0.5) is 5.69 Å². The van der Waals surface area contributed by atoms with Gasteiger partial charge in [0, 0.05) is 10.7 Å². The van der Waals surface area contributed by atoms with Gasteiger partial charge in [-0.2, -0.15) is 5.10 Å². The van der Waals surface area contributed by atoms with E-state index in [0.717, 1.165) is 22.4 Å². The van der Waals surface area contributed by atoms with Crippen LogP contribution in [0.3, 0.4) is 0 Å². The fourth-order valence-corrected chi connectivity index (χ4v) is 2.97. The van der Waals surface area contributed by atoms with E-state index in [-0.39, 0.29) is 0 Å². The van der Waals surface area contributed by atoms with Crippen molar-refractivity contribution in [1.29, 1.82) is 0 Å². The molecule has 0 fully saturated rings. The van der Waals surface area contributed by atoms with Gasteiger partial charge in [0.05, 0.1) is 13.3 Å². The van der Waals surface area contributed by atoms with Gasteiger partial charge in [0.25, 0.3) is 0 Å². The Labute approximate surface area is 186 Å². The molecule has 30 heavy (non-hydrogen) atoms. The van der Waals surface area contributed by atoms with E-state index in [4.69, 9.17) is 33.3 Å². The summed E-state index contributed by atoms with van der Waals surface area (Å²) in [7, 11) is 1.60. The highest BCUT2D eigenvalue weighted by molar-refractivity contribution is 7.80. The SMILES string of the molecule is COc1cc(C=NNC(=S)Nc2cccc(C)c2)ccc1OCc1ccc(Cl)cc1. The Morgan fingerprint density at radius 1 is 1.07 bits per heavy atom. The van der Waals surface area contributed by atoms with E-state index >= 15 is 0 Å². The van der Waals surface area contributed by atoms with Gasteiger partial charge in [-0.1, -0.05) is 35.9 Å². The van der Waals surface area contributed by atoms with Gasteiger partial charge in [-0.25, -0.2) is 0 Å². The number of hydrazone groups is 1. The van der Waals surface area contributed by atoms with Crippen LogP contribution >= 0.6 is 23.8 Å². The van der Waals surface area contributed by atoms with Crippen LogP contribution in [0, 0.1) is 6.92 Å². The topological polar surface area (TPSA) is 54.9 Å². The number of benzene rings is 3. The summed E-state index contributed by atoms with van der Waals surface area (Å²) in [5, 5.41) is 8.37. The first kappa shape index (κ1) is 21.6. The summed E-state index contributed by atoms with van der Waals surface area (Å²) in [6.45, 7) is 2.44. The number of thiocarbonyl (C=S) groups is 1. The van der Waals surface area contributed by atoms with Crippen LogP contribution in [0.2, 0.25) is 5.02 Å². The molecule has 0 aliphatic heterocycles. The Morgan fingerprint density at radius 3 is 2.60 bits per heavy atom. The molecule has 0 aliphatic rings. The summed E-state index contributed by atoms with van der Waals surface area (Å²) in [5.41, 5.74) is 6.73. The molecule has 3 rings (SSSR count). The van der Waals surface area contributed by atoms with Crippen molar-refractivity contribution in [3.05, 3.63) is 88.4 Å². The van der Waals surface area contributed by atoms with Crippen LogP contribution in [0.25, 0.3) is 0 Å². The van der Waals surface area contributed by atoms with E-state index in [0.29, 0.717) is 28.2 Å². The molecular weight excluding hydrogens is 418 g/mol. The minimum absolute atomic E-state index is 0.409. The molecule has 0 aliphatic carbocycles. The maximum absolute atomic E-state index is 5.91. The average molecular weight is 440 g/mol. The third-order valence-electron chi connectivity index (χ3n) is 4.15. The number of hydrogen-bond acceptors (Lipinski definition) is 4. The molecule has 0 heterocycles. The molecule has 0 bridgehead atoms. The average Bonchev–Trinajstić information content (AvgIpc) is 2.73. The summed E-state index contributed by atoms with van der Waals surface area (Å²) < 4.78 is 11.3. The van der Waals surface area contributed by atoms with E-state index in [1.165, 1.54) is 0 Å². The monoisotopic (exact) mass is 439 g/mol. The largest absolute Gasteiger partial charge is 0.493 e. The second kappa shape index (κ2) is 10.6. The maximum Gasteiger partial charge on any atom is 0.191 e. The molecule has 3 aromatic carbocycles. The molecule has 5 nitrogen and oxygen atoms in total. The Kier molecular flexibility index (Phi) is 7.65. The van der Waals surface area contributed by atoms with E-state index in [2.05, 4.69) is 15.8 Å². The Morgan fingerprint density at radius 2 is 1.87 bits per heavy atom. The van der Waals surface area contributed by atoms with Crippen molar-refractivity contribution in [3.8, 4) is 11.5 Å². The van der Waals surface area contributed by atoms with Gasteiger partial charge in [-0.3, -0.25) is 5.43 Å². The number of halogens is 1. The normalized spacial score (nSPS) is 10.6. The Balaban J connectivity index is 1.57. The number of methoxy groups -OCH3 is 1. The second-order valence-corrected chi connectivity index (χ2v) is 7.36. The number of rotatable bonds is 7. The van der Waals surface area contributed by atoms with Crippen LogP contribution in [-0.2, 0) is 6.61 Å². The van der Waals surface area contributed by atoms with Gasteiger partial charge in [-0.05, 0) is 78.3 Å². The lowest BCUT2D eigenvalue weighted by Gasteiger charge is -2.11. The molecule has 0 atom stereocenters. The van der Waals surface area contributed by atoms with Crippen molar-refractivity contribution >= 4 is 40.8 Å². The fourth-order valence-electron chi connectivity index (χ4n) is 2.67. The molecular formula is C23H22ClN3O2S. The molecule has 0 aromatic heterocycles. The lowest BCUT2D eigenvalue weighted by atomic mass is 10.2. The maximum atomic E-state index is 5.91. The number of ether oxygens (including phenoxy) is 2. The first-order chi connectivity index (χ1) is 14.5. The Bertz CT molecular complexity index is 1040. The van der Waals surface area contributed by atoms with Crippen LogP contribution in [0.15, 0.2) is 71.8 Å². The summed E-state index contributed by atoms with van der Waals surface area (Å²) in [6, 6.07) is 21.0. The van der Waals surface area contributed by atoms with E-state index < -0.39 is 0 Å². The Hall–Kier alpha value is -3.09. The van der Waals surface area contributed by atoms with Gasteiger partial charge in [-0.15, -0.1) is 0 Å². The molecule has 0 radical (unpaired) electrons. The second-order valence-electron chi connectivity index (χ2n) is 6.52. The quantitative estimate of drug-likeness (QED) is 0.287. The van der Waals surface area contributed by atoms with E-state index in [9.17, 15) is 0 Å². The third-order valence-corrected chi connectivity index (χ3v) is 4.60. The predicted octanol–water partition coefficient (Wildman–Crippen LogP) is 5.56. The number of aryl methyl sites for hydroxylation is 1. The van der Waals surface area contributed by atoms with Gasteiger partial charge in [0.2, 0.25) is 0 Å². The van der Waals surface area contributed by atoms with Crippen LogP contribution < -0.4 is 20.2 Å². The molecule has 0 saturated heterocycles. The standard InChI is InChI=1S/C23H22ClN3O2S/c1-16-4-3-5-20(12-16)26-23(30)27-25-14-18-8-11-21(22(13-18)28-2)29-15-17-6-9-19(24)10-7-17/h3-14H,15H2,1-2H3,(H2,26,27,30). The van der Waals surface area contributed by atoms with Gasteiger partial charge < -0.3 is 14.8 Å². The van der Waals surface area contributed by atoms with Crippen molar-refractivity contribution < 1.29 is 9.47 Å². The van der Waals surface area contributed by atoms with E-state index in [1.807, 2.05) is 73.7 Å². The number of hydrogen-bond donors (Lipinski definition) is 2. The van der Waals surface area contributed by atoms with Crippen molar-refractivity contribution in [2.45, 2.75) is 13.5 Å².